The van der Waals surface area contributed by atoms with Crippen molar-refractivity contribution < 1.29 is 27.9 Å². The van der Waals surface area contributed by atoms with Crippen molar-refractivity contribution in [1.82, 2.24) is 0 Å². The van der Waals surface area contributed by atoms with Gasteiger partial charge >= 0.3 is 18.2 Å². The third-order valence-electron chi connectivity index (χ3n) is 1.65. The Labute approximate surface area is 93.2 Å². The van der Waals surface area contributed by atoms with Gasteiger partial charge in [-0.15, -0.1) is 0 Å². The Balaban J connectivity index is 2.69. The Bertz CT molecular complexity index is 428. The first-order valence-corrected chi connectivity index (χ1v) is 4.27. The second-order valence-corrected chi connectivity index (χ2v) is 2.96. The summed E-state index contributed by atoms with van der Waals surface area (Å²) in [4.78, 5) is 20.8. The van der Waals surface area contributed by atoms with Crippen LogP contribution in [0.25, 0.3) is 0 Å². The molecule has 0 radical (unpaired) electrons. The first kappa shape index (κ1) is 12.8. The lowest BCUT2D eigenvalue weighted by atomic mass is 10.3. The van der Waals surface area contributed by atoms with Crippen LogP contribution in [-0.4, -0.2) is 23.3 Å². The molecule has 2 amide bonds. The van der Waals surface area contributed by atoms with Crippen LogP contribution in [0, 0.1) is 0 Å². The molecule has 92 valence electrons. The number of alkyl halides is 3. The van der Waals surface area contributed by atoms with Gasteiger partial charge in [0.2, 0.25) is 0 Å². The monoisotopic (exact) mass is 248 g/mol. The molecular formula is C9H7F3N2O3. The maximum Gasteiger partial charge on any atom is 0.471 e. The number of anilines is 2. The lowest BCUT2D eigenvalue weighted by molar-refractivity contribution is -0.167. The normalized spacial score (nSPS) is 10.8. The van der Waals surface area contributed by atoms with Crippen molar-refractivity contribution in [3.05, 3.63) is 24.3 Å². The quantitative estimate of drug-likeness (QED) is 0.751. The van der Waals surface area contributed by atoms with E-state index in [4.69, 9.17) is 5.11 Å². The molecule has 0 bridgehead atoms. The number of hydrogen-bond donors (Lipinski definition) is 3. The van der Waals surface area contributed by atoms with Gasteiger partial charge in [0.05, 0.1) is 0 Å². The van der Waals surface area contributed by atoms with Gasteiger partial charge in [-0.05, 0) is 24.3 Å². The van der Waals surface area contributed by atoms with Crippen molar-refractivity contribution in [1.29, 1.82) is 0 Å². The molecule has 0 saturated carbocycles. The summed E-state index contributed by atoms with van der Waals surface area (Å²) in [6.45, 7) is 0. The summed E-state index contributed by atoms with van der Waals surface area (Å²) in [5, 5.41) is 12.0. The molecule has 0 aliphatic rings. The number of amides is 2. The fourth-order valence-corrected chi connectivity index (χ4v) is 0.962. The molecule has 1 aromatic rings. The average molecular weight is 248 g/mol. The largest absolute Gasteiger partial charge is 0.471 e. The third kappa shape index (κ3) is 4.01. The number of benzene rings is 1. The highest BCUT2D eigenvalue weighted by Crippen LogP contribution is 2.19. The van der Waals surface area contributed by atoms with E-state index in [9.17, 15) is 22.8 Å². The summed E-state index contributed by atoms with van der Waals surface area (Å²) in [6, 6.07) is 4.74. The van der Waals surface area contributed by atoms with Crippen LogP contribution in [0.1, 0.15) is 0 Å². The molecule has 0 aliphatic carbocycles. The van der Waals surface area contributed by atoms with E-state index in [1.54, 1.807) is 5.32 Å². The summed E-state index contributed by atoms with van der Waals surface area (Å²) in [6.07, 6.45) is -6.25. The van der Waals surface area contributed by atoms with Gasteiger partial charge in [-0.25, -0.2) is 4.79 Å². The minimum Gasteiger partial charge on any atom is -0.465 e. The first-order chi connectivity index (χ1) is 7.79. The fraction of sp³-hybridized carbons (Fsp3) is 0.111. The summed E-state index contributed by atoms with van der Waals surface area (Å²) in [7, 11) is 0. The van der Waals surface area contributed by atoms with E-state index in [0.717, 1.165) is 12.1 Å². The zero-order valence-corrected chi connectivity index (χ0v) is 8.21. The van der Waals surface area contributed by atoms with Crippen LogP contribution in [0.4, 0.5) is 29.3 Å². The molecule has 0 spiro atoms. The molecule has 5 nitrogen and oxygen atoms in total. The van der Waals surface area contributed by atoms with Gasteiger partial charge < -0.3 is 10.4 Å². The lowest BCUT2D eigenvalue weighted by Crippen LogP contribution is -2.29. The predicted molar refractivity (Wildman–Crippen MR) is 52.8 cm³/mol. The van der Waals surface area contributed by atoms with Crippen molar-refractivity contribution in [2.75, 3.05) is 10.6 Å². The zero-order chi connectivity index (χ0) is 13.1. The van der Waals surface area contributed by atoms with E-state index >= 15 is 0 Å². The summed E-state index contributed by atoms with van der Waals surface area (Å²) in [5.74, 6) is -2.09. The molecule has 3 N–H and O–H groups in total. The van der Waals surface area contributed by atoms with Crippen molar-refractivity contribution in [2.24, 2.45) is 0 Å². The fourth-order valence-electron chi connectivity index (χ4n) is 0.962. The molecule has 1 aromatic carbocycles. The molecule has 0 aromatic heterocycles. The maximum absolute atomic E-state index is 11.9. The van der Waals surface area contributed by atoms with Gasteiger partial charge in [-0.2, -0.15) is 13.2 Å². The van der Waals surface area contributed by atoms with Gasteiger partial charge in [0, 0.05) is 11.4 Å². The highest BCUT2D eigenvalue weighted by molar-refractivity contribution is 5.95. The van der Waals surface area contributed by atoms with Crippen LogP contribution in [0.15, 0.2) is 24.3 Å². The van der Waals surface area contributed by atoms with Crippen LogP contribution in [0.2, 0.25) is 0 Å². The minimum atomic E-state index is -4.96. The van der Waals surface area contributed by atoms with E-state index in [1.165, 1.54) is 12.1 Å². The van der Waals surface area contributed by atoms with E-state index in [0.29, 0.717) is 0 Å². The maximum atomic E-state index is 11.9. The van der Waals surface area contributed by atoms with Crippen LogP contribution in [0.5, 0.6) is 0 Å². The highest BCUT2D eigenvalue weighted by atomic mass is 19.4. The number of carboxylic acid groups (broad SMARTS) is 1. The van der Waals surface area contributed by atoms with Gasteiger partial charge in [0.1, 0.15) is 0 Å². The summed E-state index contributed by atoms with van der Waals surface area (Å²) < 4.78 is 35.7. The molecule has 0 atom stereocenters. The molecule has 8 heteroatoms. The SMILES string of the molecule is O=C(O)Nc1ccc(NC(=O)C(F)(F)F)cc1. The zero-order valence-electron chi connectivity index (χ0n) is 8.21. The number of carbonyl (C=O) groups is 2. The molecule has 0 saturated heterocycles. The van der Waals surface area contributed by atoms with Crippen LogP contribution >= 0.6 is 0 Å². The minimum absolute atomic E-state index is 0.0803. The summed E-state index contributed by atoms with van der Waals surface area (Å²) in [5.41, 5.74) is 0.103. The molecule has 0 aliphatic heterocycles. The Kier molecular flexibility index (Phi) is 3.56. The molecule has 0 heterocycles. The van der Waals surface area contributed by atoms with Crippen molar-refractivity contribution in [2.45, 2.75) is 6.18 Å². The Morgan fingerprint density at radius 3 is 1.76 bits per heavy atom. The highest BCUT2D eigenvalue weighted by Gasteiger charge is 2.38. The van der Waals surface area contributed by atoms with Gasteiger partial charge in [-0.3, -0.25) is 10.1 Å². The van der Waals surface area contributed by atoms with Crippen molar-refractivity contribution in [3.63, 3.8) is 0 Å². The standard InChI is InChI=1S/C9H7F3N2O3/c10-9(11,12)7(15)13-5-1-3-6(4-2-5)14-8(16)17/h1-4,14H,(H,13,15)(H,16,17). The number of rotatable bonds is 2. The average Bonchev–Trinajstić information content (AvgIpc) is 2.18. The van der Waals surface area contributed by atoms with Crippen LogP contribution < -0.4 is 10.6 Å². The van der Waals surface area contributed by atoms with Gasteiger partial charge in [0.25, 0.3) is 0 Å². The molecule has 1 rings (SSSR count). The van der Waals surface area contributed by atoms with E-state index in [2.05, 4.69) is 0 Å². The smallest absolute Gasteiger partial charge is 0.465 e. The van der Waals surface area contributed by atoms with E-state index < -0.39 is 18.2 Å². The third-order valence-corrected chi connectivity index (χ3v) is 1.65. The van der Waals surface area contributed by atoms with E-state index in [1.807, 2.05) is 5.32 Å². The number of halogens is 3. The second kappa shape index (κ2) is 4.73. The number of nitrogens with one attached hydrogen (secondary N) is 2. The van der Waals surface area contributed by atoms with Crippen molar-refractivity contribution in [3.8, 4) is 0 Å². The Morgan fingerprint density at radius 2 is 1.41 bits per heavy atom. The summed E-state index contributed by atoms with van der Waals surface area (Å²) >= 11 is 0. The Morgan fingerprint density at radius 1 is 1.00 bits per heavy atom. The van der Waals surface area contributed by atoms with Crippen molar-refractivity contribution >= 4 is 23.4 Å². The first-order valence-electron chi connectivity index (χ1n) is 4.27. The van der Waals surface area contributed by atoms with Gasteiger partial charge in [-0.1, -0.05) is 0 Å². The number of hydrogen-bond acceptors (Lipinski definition) is 2. The second-order valence-electron chi connectivity index (χ2n) is 2.96. The van der Waals surface area contributed by atoms with Gasteiger partial charge in [0.15, 0.2) is 0 Å². The molecular weight excluding hydrogens is 241 g/mol. The van der Waals surface area contributed by atoms with E-state index in [-0.39, 0.29) is 11.4 Å². The molecule has 0 unspecified atom stereocenters. The molecule has 0 fully saturated rings. The predicted octanol–water partition coefficient (Wildman–Crippen LogP) is 2.28. The van der Waals surface area contributed by atoms with Crippen LogP contribution in [0.3, 0.4) is 0 Å². The Hall–Kier alpha value is -2.25. The number of carbonyl (C=O) groups excluding carboxylic acids is 1. The molecule has 17 heavy (non-hydrogen) atoms. The topological polar surface area (TPSA) is 78.4 Å². The lowest BCUT2D eigenvalue weighted by Gasteiger charge is -2.08. The van der Waals surface area contributed by atoms with Crippen LogP contribution in [-0.2, 0) is 4.79 Å².